The summed E-state index contributed by atoms with van der Waals surface area (Å²) in [5.41, 5.74) is 0.861. The van der Waals surface area contributed by atoms with Crippen LogP contribution in [-0.2, 0) is 12.6 Å². The summed E-state index contributed by atoms with van der Waals surface area (Å²) in [6.45, 7) is 0. The van der Waals surface area contributed by atoms with Gasteiger partial charge in [0.05, 0.1) is 0 Å². The Morgan fingerprint density at radius 1 is 1.47 bits per heavy atom. The van der Waals surface area contributed by atoms with Gasteiger partial charge in [0.1, 0.15) is 5.69 Å². The highest BCUT2D eigenvalue weighted by molar-refractivity contribution is 5.34. The van der Waals surface area contributed by atoms with Crippen molar-refractivity contribution in [3.8, 4) is 0 Å². The third-order valence-electron chi connectivity index (χ3n) is 2.74. The van der Waals surface area contributed by atoms with E-state index in [-0.39, 0.29) is 6.04 Å². The van der Waals surface area contributed by atoms with Crippen LogP contribution in [0.15, 0.2) is 12.3 Å². The van der Waals surface area contributed by atoms with Crippen molar-refractivity contribution >= 4 is 0 Å². The number of nitrogens with one attached hydrogen (secondary N) is 1. The average molecular weight is 216 g/mol. The van der Waals surface area contributed by atoms with E-state index in [1.807, 2.05) is 0 Å². The first-order valence-electron chi connectivity index (χ1n) is 4.75. The van der Waals surface area contributed by atoms with E-state index in [1.54, 1.807) is 7.05 Å². The summed E-state index contributed by atoms with van der Waals surface area (Å²) in [7, 11) is 1.80. The second kappa shape index (κ2) is 3.48. The quantitative estimate of drug-likeness (QED) is 0.779. The molecule has 1 heterocycles. The second-order valence-corrected chi connectivity index (χ2v) is 3.65. The van der Waals surface area contributed by atoms with Crippen molar-refractivity contribution in [3.63, 3.8) is 0 Å². The van der Waals surface area contributed by atoms with Gasteiger partial charge in [-0.3, -0.25) is 4.98 Å². The molecule has 1 aromatic heterocycles. The molecule has 2 nitrogen and oxygen atoms in total. The van der Waals surface area contributed by atoms with Crippen LogP contribution in [0.4, 0.5) is 13.2 Å². The highest BCUT2D eigenvalue weighted by Crippen LogP contribution is 2.34. The van der Waals surface area contributed by atoms with Crippen LogP contribution in [0, 0.1) is 0 Å². The monoisotopic (exact) mass is 216 g/mol. The van der Waals surface area contributed by atoms with Crippen LogP contribution in [0.3, 0.4) is 0 Å². The number of aromatic nitrogens is 1. The van der Waals surface area contributed by atoms with Crippen LogP contribution in [0.1, 0.15) is 29.3 Å². The molecular formula is C10H11F3N2. The van der Waals surface area contributed by atoms with Crippen LogP contribution >= 0.6 is 0 Å². The fourth-order valence-corrected chi connectivity index (χ4v) is 1.95. The lowest BCUT2D eigenvalue weighted by Crippen LogP contribution is -2.14. The summed E-state index contributed by atoms with van der Waals surface area (Å²) in [5.74, 6) is 0. The molecule has 0 fully saturated rings. The molecule has 0 radical (unpaired) electrons. The fourth-order valence-electron chi connectivity index (χ4n) is 1.95. The van der Waals surface area contributed by atoms with Gasteiger partial charge >= 0.3 is 6.18 Å². The van der Waals surface area contributed by atoms with Gasteiger partial charge in [-0.1, -0.05) is 0 Å². The van der Waals surface area contributed by atoms with Gasteiger partial charge in [0.15, 0.2) is 0 Å². The van der Waals surface area contributed by atoms with E-state index in [0.29, 0.717) is 6.42 Å². The minimum atomic E-state index is -4.34. The Morgan fingerprint density at radius 3 is 2.80 bits per heavy atom. The van der Waals surface area contributed by atoms with Gasteiger partial charge in [-0.25, -0.2) is 0 Å². The summed E-state index contributed by atoms with van der Waals surface area (Å²) in [4.78, 5) is 3.45. The Bertz CT molecular complexity index is 373. The third kappa shape index (κ3) is 1.84. The number of pyridine rings is 1. The largest absolute Gasteiger partial charge is 0.433 e. The number of halogens is 3. The maximum Gasteiger partial charge on any atom is 0.433 e. The Balaban J connectivity index is 2.37. The zero-order valence-corrected chi connectivity index (χ0v) is 8.23. The zero-order valence-electron chi connectivity index (χ0n) is 8.23. The first-order valence-corrected chi connectivity index (χ1v) is 4.75. The number of hydrogen-bond donors (Lipinski definition) is 1. The smallest absolute Gasteiger partial charge is 0.313 e. The van der Waals surface area contributed by atoms with Crippen molar-refractivity contribution in [1.29, 1.82) is 0 Å². The van der Waals surface area contributed by atoms with E-state index in [1.165, 1.54) is 6.20 Å². The summed E-state index contributed by atoms with van der Waals surface area (Å²) < 4.78 is 37.1. The van der Waals surface area contributed by atoms with Crippen molar-refractivity contribution in [3.05, 3.63) is 29.1 Å². The van der Waals surface area contributed by atoms with Crippen LogP contribution in [0.2, 0.25) is 0 Å². The van der Waals surface area contributed by atoms with Gasteiger partial charge in [0.25, 0.3) is 0 Å². The third-order valence-corrected chi connectivity index (χ3v) is 2.74. The lowest BCUT2D eigenvalue weighted by molar-refractivity contribution is -0.141. The molecule has 82 valence electrons. The first kappa shape index (κ1) is 10.4. The van der Waals surface area contributed by atoms with Crippen LogP contribution in [-0.4, -0.2) is 12.0 Å². The van der Waals surface area contributed by atoms with Crippen LogP contribution in [0.5, 0.6) is 0 Å². The van der Waals surface area contributed by atoms with E-state index in [0.717, 1.165) is 23.6 Å². The molecule has 1 N–H and O–H groups in total. The van der Waals surface area contributed by atoms with Crippen molar-refractivity contribution in [2.45, 2.75) is 25.1 Å². The number of alkyl halides is 3. The van der Waals surface area contributed by atoms with E-state index in [4.69, 9.17) is 0 Å². The maximum atomic E-state index is 12.4. The molecular weight excluding hydrogens is 205 g/mol. The molecule has 0 saturated heterocycles. The normalized spacial score (nSPS) is 20.4. The van der Waals surface area contributed by atoms with Crippen LogP contribution in [0.25, 0.3) is 0 Å². The maximum absolute atomic E-state index is 12.4. The lowest BCUT2D eigenvalue weighted by Gasteiger charge is -2.11. The minimum absolute atomic E-state index is 0.148. The Hall–Kier alpha value is -1.10. The molecule has 0 spiro atoms. The molecule has 1 unspecified atom stereocenters. The molecule has 0 saturated carbocycles. The lowest BCUT2D eigenvalue weighted by atomic mass is 10.1. The molecule has 2 rings (SSSR count). The highest BCUT2D eigenvalue weighted by Gasteiger charge is 2.34. The van der Waals surface area contributed by atoms with Crippen molar-refractivity contribution in [1.82, 2.24) is 10.3 Å². The summed E-state index contributed by atoms with van der Waals surface area (Å²) in [5, 5.41) is 3.06. The first-order chi connectivity index (χ1) is 7.02. The van der Waals surface area contributed by atoms with Crippen molar-refractivity contribution in [2.75, 3.05) is 7.05 Å². The summed E-state index contributed by atoms with van der Waals surface area (Å²) in [6, 6.07) is 1.31. The number of hydrogen-bond acceptors (Lipinski definition) is 2. The van der Waals surface area contributed by atoms with E-state index >= 15 is 0 Å². The Labute approximate surface area is 85.5 Å². The number of aryl methyl sites for hydroxylation is 1. The van der Waals surface area contributed by atoms with Crippen molar-refractivity contribution in [2.24, 2.45) is 0 Å². The standard InChI is InChI=1S/C10H11F3N2/c1-14-8-3-2-6-4-9(10(11,12)13)15-5-7(6)8/h4-5,8,14H,2-3H2,1H3. The Kier molecular flexibility index (Phi) is 2.42. The van der Waals surface area contributed by atoms with Crippen LogP contribution < -0.4 is 5.32 Å². The molecule has 1 aromatic rings. The predicted molar refractivity (Wildman–Crippen MR) is 49.4 cm³/mol. The van der Waals surface area contributed by atoms with Gasteiger partial charge in [0.2, 0.25) is 0 Å². The average Bonchev–Trinajstić information content (AvgIpc) is 2.58. The molecule has 15 heavy (non-hydrogen) atoms. The van der Waals surface area contributed by atoms with Gasteiger partial charge in [0, 0.05) is 12.2 Å². The fraction of sp³-hybridized carbons (Fsp3) is 0.500. The van der Waals surface area contributed by atoms with E-state index in [9.17, 15) is 13.2 Å². The molecule has 1 atom stereocenters. The van der Waals surface area contributed by atoms with Crippen molar-refractivity contribution < 1.29 is 13.2 Å². The SMILES string of the molecule is CNC1CCc2cc(C(F)(F)F)ncc21. The highest BCUT2D eigenvalue weighted by atomic mass is 19.4. The molecule has 0 amide bonds. The summed E-state index contributed by atoms with van der Waals surface area (Å²) >= 11 is 0. The van der Waals surface area contributed by atoms with E-state index < -0.39 is 11.9 Å². The molecule has 0 aromatic carbocycles. The van der Waals surface area contributed by atoms with Gasteiger partial charge in [-0.15, -0.1) is 0 Å². The summed E-state index contributed by atoms with van der Waals surface area (Å²) in [6.07, 6.45) is -1.47. The molecule has 1 aliphatic rings. The minimum Gasteiger partial charge on any atom is -0.313 e. The molecule has 0 aliphatic heterocycles. The zero-order chi connectivity index (χ0) is 11.1. The molecule has 5 heteroatoms. The van der Waals surface area contributed by atoms with Gasteiger partial charge < -0.3 is 5.32 Å². The van der Waals surface area contributed by atoms with Gasteiger partial charge in [-0.05, 0) is 37.1 Å². The molecule has 0 bridgehead atoms. The predicted octanol–water partition coefficient (Wildman–Crippen LogP) is 2.31. The van der Waals surface area contributed by atoms with E-state index in [2.05, 4.69) is 10.3 Å². The number of fused-ring (bicyclic) bond motifs is 1. The molecule has 1 aliphatic carbocycles. The topological polar surface area (TPSA) is 24.9 Å². The van der Waals surface area contributed by atoms with Gasteiger partial charge in [-0.2, -0.15) is 13.2 Å². The Morgan fingerprint density at radius 2 is 2.20 bits per heavy atom. The number of nitrogens with zero attached hydrogens (tertiary/aromatic N) is 1. The number of rotatable bonds is 1. The second-order valence-electron chi connectivity index (χ2n) is 3.65.